The lowest BCUT2D eigenvalue weighted by molar-refractivity contribution is 0.0988. The van der Waals surface area contributed by atoms with Gasteiger partial charge in [-0.05, 0) is 42.0 Å². The van der Waals surface area contributed by atoms with Crippen LogP contribution in [0.1, 0.15) is 27.7 Å². The Bertz CT molecular complexity index is 1040. The van der Waals surface area contributed by atoms with Crippen molar-refractivity contribution < 1.29 is 18.7 Å². The van der Waals surface area contributed by atoms with Crippen LogP contribution in [-0.2, 0) is 19.4 Å². The molecule has 0 saturated heterocycles. The van der Waals surface area contributed by atoms with Gasteiger partial charge in [0.25, 0.3) is 5.89 Å². The lowest BCUT2D eigenvalue weighted by Crippen LogP contribution is -2.26. The van der Waals surface area contributed by atoms with E-state index in [2.05, 4.69) is 15.2 Å². The summed E-state index contributed by atoms with van der Waals surface area (Å²) >= 11 is 5.88. The van der Waals surface area contributed by atoms with Gasteiger partial charge in [-0.25, -0.2) is 4.98 Å². The molecule has 2 aromatic carbocycles. The number of benzene rings is 2. The average Bonchev–Trinajstić information content (AvgIpc) is 3.11. The van der Waals surface area contributed by atoms with E-state index in [1.807, 2.05) is 18.2 Å². The van der Waals surface area contributed by atoms with Gasteiger partial charge in [-0.2, -0.15) is 0 Å². The third-order valence-electron chi connectivity index (χ3n) is 5.25. The van der Waals surface area contributed by atoms with Gasteiger partial charge < -0.3 is 19.2 Å². The van der Waals surface area contributed by atoms with Gasteiger partial charge >= 0.3 is 5.91 Å². The molecular formula is C23H24ClN3O4. The van der Waals surface area contributed by atoms with Crippen LogP contribution in [0.5, 0.6) is 11.5 Å². The molecule has 1 aliphatic heterocycles. The van der Waals surface area contributed by atoms with Crippen LogP contribution >= 0.6 is 11.6 Å². The molecule has 162 valence electrons. The van der Waals surface area contributed by atoms with Crippen LogP contribution < -0.4 is 14.8 Å². The molecule has 0 bridgehead atoms. The minimum Gasteiger partial charge on any atom is -0.493 e. The minimum absolute atomic E-state index is 0.0910. The Morgan fingerprint density at radius 3 is 2.58 bits per heavy atom. The molecular weight excluding hydrogens is 418 g/mol. The number of ether oxygens (including phenoxy) is 2. The summed E-state index contributed by atoms with van der Waals surface area (Å²) in [5.41, 5.74) is 2.63. The molecule has 1 aromatic heterocycles. The highest BCUT2D eigenvalue weighted by molar-refractivity contribution is 6.30. The predicted octanol–water partition coefficient (Wildman–Crippen LogP) is 4.20. The monoisotopic (exact) mass is 441 g/mol. The Hall–Kier alpha value is -3.03. The molecule has 0 atom stereocenters. The molecule has 0 spiro atoms. The number of amides is 1. The van der Waals surface area contributed by atoms with Gasteiger partial charge in [-0.1, -0.05) is 17.7 Å². The SMILES string of the molecule is COc1ccc(CN2CCc3nc(C(=O)Nc4ccc(Cl)cc4)oc3CC2)cc1OC. The fourth-order valence-electron chi connectivity index (χ4n) is 3.62. The van der Waals surface area contributed by atoms with E-state index < -0.39 is 0 Å². The number of nitrogens with zero attached hydrogens (tertiary/aromatic N) is 2. The van der Waals surface area contributed by atoms with Crippen molar-refractivity contribution >= 4 is 23.2 Å². The van der Waals surface area contributed by atoms with Crippen molar-refractivity contribution in [3.63, 3.8) is 0 Å². The second-order valence-electron chi connectivity index (χ2n) is 7.32. The zero-order valence-electron chi connectivity index (χ0n) is 17.5. The number of carbonyl (C=O) groups is 1. The number of hydrogen-bond acceptors (Lipinski definition) is 6. The van der Waals surface area contributed by atoms with Gasteiger partial charge in [0.15, 0.2) is 11.5 Å². The van der Waals surface area contributed by atoms with E-state index in [0.29, 0.717) is 17.1 Å². The van der Waals surface area contributed by atoms with Crippen molar-refractivity contribution in [2.24, 2.45) is 0 Å². The van der Waals surface area contributed by atoms with E-state index in [4.69, 9.17) is 25.5 Å². The zero-order valence-corrected chi connectivity index (χ0v) is 18.2. The molecule has 8 heteroatoms. The summed E-state index contributed by atoms with van der Waals surface area (Å²) in [4.78, 5) is 19.3. The number of anilines is 1. The van der Waals surface area contributed by atoms with E-state index in [1.54, 1.807) is 38.5 Å². The number of fused-ring (bicyclic) bond motifs is 1. The van der Waals surface area contributed by atoms with E-state index >= 15 is 0 Å². The number of methoxy groups -OCH3 is 2. The van der Waals surface area contributed by atoms with Gasteiger partial charge in [0.2, 0.25) is 0 Å². The highest BCUT2D eigenvalue weighted by Gasteiger charge is 2.23. The second kappa shape index (κ2) is 9.41. The fraction of sp³-hybridized carbons (Fsp3) is 0.304. The number of halogens is 1. The quantitative estimate of drug-likeness (QED) is 0.617. The minimum atomic E-state index is -0.363. The van der Waals surface area contributed by atoms with E-state index in [0.717, 1.165) is 54.6 Å². The maximum atomic E-state index is 12.5. The first-order valence-corrected chi connectivity index (χ1v) is 10.4. The molecule has 0 radical (unpaired) electrons. The molecule has 1 N–H and O–H groups in total. The van der Waals surface area contributed by atoms with Crippen molar-refractivity contribution in [2.75, 3.05) is 32.6 Å². The van der Waals surface area contributed by atoms with Crippen LogP contribution in [0.2, 0.25) is 5.02 Å². The molecule has 1 aliphatic rings. The Morgan fingerprint density at radius 2 is 1.84 bits per heavy atom. The van der Waals surface area contributed by atoms with Crippen LogP contribution in [0.15, 0.2) is 46.9 Å². The summed E-state index contributed by atoms with van der Waals surface area (Å²) in [6, 6.07) is 12.9. The van der Waals surface area contributed by atoms with Crippen LogP contribution in [0.25, 0.3) is 0 Å². The van der Waals surface area contributed by atoms with Gasteiger partial charge in [0.05, 0.1) is 19.9 Å². The van der Waals surface area contributed by atoms with Gasteiger partial charge in [-0.15, -0.1) is 0 Å². The summed E-state index contributed by atoms with van der Waals surface area (Å²) in [5.74, 6) is 1.94. The van der Waals surface area contributed by atoms with Crippen molar-refractivity contribution in [1.82, 2.24) is 9.88 Å². The molecule has 0 aliphatic carbocycles. The van der Waals surface area contributed by atoms with Crippen molar-refractivity contribution in [1.29, 1.82) is 0 Å². The highest BCUT2D eigenvalue weighted by atomic mass is 35.5. The number of hydrogen-bond donors (Lipinski definition) is 1. The molecule has 3 aromatic rings. The van der Waals surface area contributed by atoms with Crippen LogP contribution in [0, 0.1) is 0 Å². The maximum absolute atomic E-state index is 12.5. The third kappa shape index (κ3) is 5.00. The lowest BCUT2D eigenvalue weighted by atomic mass is 10.2. The first kappa shape index (κ1) is 21.2. The lowest BCUT2D eigenvalue weighted by Gasteiger charge is -2.20. The normalized spacial score (nSPS) is 13.9. The van der Waals surface area contributed by atoms with Gasteiger partial charge in [0.1, 0.15) is 5.76 Å². The van der Waals surface area contributed by atoms with Gasteiger partial charge in [0, 0.05) is 43.2 Å². The summed E-state index contributed by atoms with van der Waals surface area (Å²) in [5, 5.41) is 3.40. The zero-order chi connectivity index (χ0) is 21.8. The molecule has 0 unspecified atom stereocenters. The van der Waals surface area contributed by atoms with Crippen molar-refractivity contribution in [3.8, 4) is 11.5 Å². The Balaban J connectivity index is 1.38. The van der Waals surface area contributed by atoms with Gasteiger partial charge in [-0.3, -0.25) is 9.69 Å². The number of oxazole rings is 1. The molecule has 2 heterocycles. The molecule has 31 heavy (non-hydrogen) atoms. The number of nitrogens with one attached hydrogen (secondary N) is 1. The Labute approximate surface area is 185 Å². The van der Waals surface area contributed by atoms with Crippen molar-refractivity contribution in [2.45, 2.75) is 19.4 Å². The number of carbonyl (C=O) groups excluding carboxylic acids is 1. The third-order valence-corrected chi connectivity index (χ3v) is 5.50. The van der Waals surface area contributed by atoms with Crippen molar-refractivity contribution in [3.05, 3.63) is 70.4 Å². The number of aromatic nitrogens is 1. The molecule has 0 saturated carbocycles. The van der Waals surface area contributed by atoms with E-state index in [-0.39, 0.29) is 11.8 Å². The molecule has 4 rings (SSSR count). The first-order chi connectivity index (χ1) is 15.1. The standard InChI is InChI=1S/C23H24ClN3O4/c1-29-20-8-3-15(13-21(20)30-2)14-27-11-9-18-19(10-12-27)31-23(26-18)22(28)25-17-6-4-16(24)5-7-17/h3-8,13H,9-12,14H2,1-2H3,(H,25,28). The van der Waals surface area contributed by atoms with E-state index in [1.165, 1.54) is 0 Å². The molecule has 0 fully saturated rings. The summed E-state index contributed by atoms with van der Waals surface area (Å²) in [7, 11) is 3.27. The second-order valence-corrected chi connectivity index (χ2v) is 7.75. The Kier molecular flexibility index (Phi) is 6.44. The van der Waals surface area contributed by atoms with Crippen LogP contribution in [-0.4, -0.2) is 43.1 Å². The topological polar surface area (TPSA) is 76.8 Å². The molecule has 1 amide bonds. The van der Waals surface area contributed by atoms with Crippen LogP contribution in [0.3, 0.4) is 0 Å². The summed E-state index contributed by atoms with van der Waals surface area (Å²) in [6.07, 6.45) is 1.42. The molecule has 7 nitrogen and oxygen atoms in total. The van der Waals surface area contributed by atoms with E-state index in [9.17, 15) is 4.79 Å². The highest BCUT2D eigenvalue weighted by Crippen LogP contribution is 2.28. The average molecular weight is 442 g/mol. The Morgan fingerprint density at radius 1 is 1.10 bits per heavy atom. The van der Waals surface area contributed by atoms with Crippen LogP contribution in [0.4, 0.5) is 5.69 Å². The fourth-order valence-corrected chi connectivity index (χ4v) is 3.75. The predicted molar refractivity (Wildman–Crippen MR) is 118 cm³/mol. The summed E-state index contributed by atoms with van der Waals surface area (Å²) < 4.78 is 16.5. The maximum Gasteiger partial charge on any atom is 0.311 e. The number of rotatable bonds is 6. The first-order valence-electron chi connectivity index (χ1n) is 10.0. The smallest absolute Gasteiger partial charge is 0.311 e. The largest absolute Gasteiger partial charge is 0.493 e. The summed E-state index contributed by atoms with van der Waals surface area (Å²) in [6.45, 7) is 2.43.